The van der Waals surface area contributed by atoms with Gasteiger partial charge in [-0.2, -0.15) is 0 Å². The van der Waals surface area contributed by atoms with E-state index in [0.717, 1.165) is 0 Å². The number of hydrogen-bond acceptors (Lipinski definition) is 2. The maximum Gasteiger partial charge on any atom is 0.220 e. The molecule has 0 aromatic carbocycles. The minimum absolute atomic E-state index is 0.0310. The molecule has 0 saturated heterocycles. The predicted octanol–water partition coefficient (Wildman–Crippen LogP) is 0.351. The first kappa shape index (κ1) is 10.7. The molecule has 0 aromatic heterocycles. The third-order valence-corrected chi connectivity index (χ3v) is 1.65. The van der Waals surface area contributed by atoms with Crippen molar-refractivity contribution in [2.24, 2.45) is 5.92 Å². The number of Topliss-reactive ketones (excluding diaryl/α,β-unsaturated/α-hetero) is 1. The van der Waals surface area contributed by atoms with E-state index in [9.17, 15) is 9.59 Å². The summed E-state index contributed by atoms with van der Waals surface area (Å²) in [5.41, 5.74) is 0. The van der Waals surface area contributed by atoms with Gasteiger partial charge in [0.15, 0.2) is 0 Å². The summed E-state index contributed by atoms with van der Waals surface area (Å²) >= 11 is 0. The van der Waals surface area contributed by atoms with Crippen LogP contribution >= 0.6 is 0 Å². The lowest BCUT2D eigenvalue weighted by atomic mass is 9.97. The average Bonchev–Trinajstić information content (AvgIpc) is 2.03. The van der Waals surface area contributed by atoms with Crippen LogP contribution in [-0.4, -0.2) is 18.7 Å². The number of carbonyl (C=O) groups is 2. The van der Waals surface area contributed by atoms with Crippen molar-refractivity contribution in [3.05, 3.63) is 0 Å². The summed E-state index contributed by atoms with van der Waals surface area (Å²) in [6.45, 7) is 1.45. The Morgan fingerprint density at radius 1 is 1.58 bits per heavy atom. The number of amides is 1. The van der Waals surface area contributed by atoms with Crippen molar-refractivity contribution < 1.29 is 9.59 Å². The highest BCUT2D eigenvalue weighted by atomic mass is 16.2. The molecule has 12 heavy (non-hydrogen) atoms. The number of nitrogens with one attached hydrogen (secondary N) is 1. The van der Waals surface area contributed by atoms with E-state index in [1.165, 1.54) is 14.0 Å². The smallest absolute Gasteiger partial charge is 0.220 e. The van der Waals surface area contributed by atoms with Gasteiger partial charge >= 0.3 is 0 Å². The molecular formula is C9H13NO2. The Bertz CT molecular complexity index is 215. The molecule has 3 nitrogen and oxygen atoms in total. The highest BCUT2D eigenvalue weighted by Gasteiger charge is 2.16. The number of hydrogen-bond donors (Lipinski definition) is 1. The first-order valence-electron chi connectivity index (χ1n) is 3.76. The van der Waals surface area contributed by atoms with Crippen LogP contribution in [0.3, 0.4) is 0 Å². The molecule has 0 rings (SSSR count). The van der Waals surface area contributed by atoms with E-state index in [0.29, 0.717) is 6.42 Å². The molecule has 0 radical (unpaired) electrons. The Morgan fingerprint density at radius 3 is 2.50 bits per heavy atom. The first-order chi connectivity index (χ1) is 5.61. The van der Waals surface area contributed by atoms with Crippen molar-refractivity contribution in [1.82, 2.24) is 5.32 Å². The van der Waals surface area contributed by atoms with Gasteiger partial charge in [-0.25, -0.2) is 0 Å². The summed E-state index contributed by atoms with van der Waals surface area (Å²) in [6, 6.07) is 0. The van der Waals surface area contributed by atoms with Gasteiger partial charge in [0, 0.05) is 25.8 Å². The molecule has 0 spiro atoms. The van der Waals surface area contributed by atoms with E-state index in [2.05, 4.69) is 11.2 Å². The zero-order valence-electron chi connectivity index (χ0n) is 7.39. The minimum Gasteiger partial charge on any atom is -0.359 e. The molecule has 66 valence electrons. The fourth-order valence-electron chi connectivity index (χ4n) is 0.828. The van der Waals surface area contributed by atoms with Gasteiger partial charge in [0.1, 0.15) is 5.78 Å². The molecule has 0 aromatic rings. The van der Waals surface area contributed by atoms with Gasteiger partial charge in [0.2, 0.25) is 5.91 Å². The Hall–Kier alpha value is -1.30. The van der Waals surface area contributed by atoms with Crippen molar-refractivity contribution in [3.8, 4) is 12.3 Å². The van der Waals surface area contributed by atoms with Gasteiger partial charge in [0.25, 0.3) is 0 Å². The molecule has 0 aliphatic carbocycles. The van der Waals surface area contributed by atoms with Crippen LogP contribution in [0.2, 0.25) is 0 Å². The number of rotatable bonds is 4. The topological polar surface area (TPSA) is 46.2 Å². The normalized spacial score (nSPS) is 11.4. The third-order valence-electron chi connectivity index (χ3n) is 1.65. The Morgan fingerprint density at radius 2 is 2.17 bits per heavy atom. The van der Waals surface area contributed by atoms with Gasteiger partial charge in [-0.05, 0) is 6.92 Å². The van der Waals surface area contributed by atoms with Crippen LogP contribution in [0.15, 0.2) is 0 Å². The Balaban J connectivity index is 4.06. The third kappa shape index (κ3) is 3.77. The number of carbonyl (C=O) groups excluding carboxylic acids is 2. The number of ketones is 1. The van der Waals surface area contributed by atoms with Crippen molar-refractivity contribution in [2.75, 3.05) is 7.05 Å². The fraction of sp³-hybridized carbons (Fsp3) is 0.556. The average molecular weight is 167 g/mol. The molecule has 0 bridgehead atoms. The van der Waals surface area contributed by atoms with E-state index in [1.807, 2.05) is 0 Å². The molecule has 0 aliphatic rings. The molecule has 0 heterocycles. The van der Waals surface area contributed by atoms with Crippen LogP contribution in [0.5, 0.6) is 0 Å². The van der Waals surface area contributed by atoms with Crippen LogP contribution in [0.4, 0.5) is 0 Å². The zero-order valence-corrected chi connectivity index (χ0v) is 7.39. The fourth-order valence-corrected chi connectivity index (χ4v) is 0.828. The van der Waals surface area contributed by atoms with Gasteiger partial charge in [-0.1, -0.05) is 0 Å². The summed E-state index contributed by atoms with van der Waals surface area (Å²) in [5, 5.41) is 2.45. The standard InChI is InChI=1S/C9H13NO2/c1-4-5-8(7(2)11)6-9(12)10-3/h1,8H,5-6H2,2-3H3,(H,10,12). The maximum absolute atomic E-state index is 10.9. The van der Waals surface area contributed by atoms with E-state index >= 15 is 0 Å². The molecule has 1 unspecified atom stereocenters. The lowest BCUT2D eigenvalue weighted by molar-refractivity contribution is -0.127. The van der Waals surface area contributed by atoms with E-state index < -0.39 is 0 Å². The lowest BCUT2D eigenvalue weighted by Gasteiger charge is -2.08. The summed E-state index contributed by atoms with van der Waals surface area (Å²) in [6.07, 6.45) is 5.58. The van der Waals surface area contributed by atoms with Crippen molar-refractivity contribution in [1.29, 1.82) is 0 Å². The summed E-state index contributed by atoms with van der Waals surface area (Å²) in [5.74, 6) is 1.87. The van der Waals surface area contributed by atoms with Gasteiger partial charge in [-0.15, -0.1) is 12.3 Å². The minimum atomic E-state index is -0.324. The summed E-state index contributed by atoms with van der Waals surface area (Å²) in [7, 11) is 1.54. The second kappa shape index (κ2) is 5.36. The molecule has 3 heteroatoms. The van der Waals surface area contributed by atoms with E-state index in [-0.39, 0.29) is 24.0 Å². The van der Waals surface area contributed by atoms with Crippen LogP contribution in [-0.2, 0) is 9.59 Å². The second-order valence-corrected chi connectivity index (χ2v) is 2.59. The highest BCUT2D eigenvalue weighted by molar-refractivity contribution is 5.85. The predicted molar refractivity (Wildman–Crippen MR) is 46.3 cm³/mol. The van der Waals surface area contributed by atoms with Crippen LogP contribution < -0.4 is 5.32 Å². The van der Waals surface area contributed by atoms with E-state index in [1.54, 1.807) is 0 Å². The molecule has 0 saturated carbocycles. The van der Waals surface area contributed by atoms with Crippen LogP contribution in [0.1, 0.15) is 19.8 Å². The molecule has 1 atom stereocenters. The first-order valence-corrected chi connectivity index (χ1v) is 3.76. The van der Waals surface area contributed by atoms with Gasteiger partial charge < -0.3 is 5.32 Å². The zero-order chi connectivity index (χ0) is 9.56. The quantitative estimate of drug-likeness (QED) is 0.614. The van der Waals surface area contributed by atoms with Crippen molar-refractivity contribution >= 4 is 11.7 Å². The molecule has 0 fully saturated rings. The van der Waals surface area contributed by atoms with Crippen LogP contribution in [0, 0.1) is 18.3 Å². The molecule has 0 aliphatic heterocycles. The molecular weight excluding hydrogens is 154 g/mol. The second-order valence-electron chi connectivity index (χ2n) is 2.59. The highest BCUT2D eigenvalue weighted by Crippen LogP contribution is 2.08. The Labute approximate surface area is 72.5 Å². The number of terminal acetylenes is 1. The van der Waals surface area contributed by atoms with Crippen LogP contribution in [0.25, 0.3) is 0 Å². The summed E-state index contributed by atoms with van der Waals surface area (Å²) in [4.78, 5) is 21.8. The summed E-state index contributed by atoms with van der Waals surface area (Å²) < 4.78 is 0. The Kier molecular flexibility index (Phi) is 4.78. The molecule has 1 N–H and O–H groups in total. The largest absolute Gasteiger partial charge is 0.359 e. The van der Waals surface area contributed by atoms with Gasteiger partial charge in [0.05, 0.1) is 0 Å². The van der Waals surface area contributed by atoms with E-state index in [4.69, 9.17) is 6.42 Å². The van der Waals surface area contributed by atoms with Gasteiger partial charge in [-0.3, -0.25) is 9.59 Å². The SMILES string of the molecule is C#CCC(CC(=O)NC)C(C)=O. The lowest BCUT2D eigenvalue weighted by Crippen LogP contribution is -2.24. The monoisotopic (exact) mass is 167 g/mol. The molecule has 1 amide bonds. The van der Waals surface area contributed by atoms with Crippen molar-refractivity contribution in [2.45, 2.75) is 19.8 Å². The maximum atomic E-state index is 10.9. The van der Waals surface area contributed by atoms with Crippen molar-refractivity contribution in [3.63, 3.8) is 0 Å².